The van der Waals surface area contributed by atoms with Gasteiger partial charge in [0.05, 0.1) is 11.7 Å². The molecule has 1 aliphatic heterocycles. The molecule has 1 saturated heterocycles. The van der Waals surface area contributed by atoms with Gasteiger partial charge in [0.25, 0.3) is 0 Å². The predicted molar refractivity (Wildman–Crippen MR) is 68.9 cm³/mol. The van der Waals surface area contributed by atoms with Crippen molar-refractivity contribution in [1.82, 2.24) is 15.2 Å². The van der Waals surface area contributed by atoms with Gasteiger partial charge in [-0.05, 0) is 37.8 Å². The molecule has 1 N–H and O–H groups in total. The van der Waals surface area contributed by atoms with Gasteiger partial charge in [-0.1, -0.05) is 6.07 Å². The van der Waals surface area contributed by atoms with Crippen molar-refractivity contribution in [3.8, 4) is 0 Å². The zero-order valence-corrected chi connectivity index (χ0v) is 10.5. The van der Waals surface area contributed by atoms with Gasteiger partial charge in [0.1, 0.15) is 0 Å². The number of piperazine rings is 1. The molecule has 1 saturated carbocycles. The van der Waals surface area contributed by atoms with E-state index in [0.717, 1.165) is 37.8 Å². The second-order valence-electron chi connectivity index (χ2n) is 5.27. The minimum Gasteiger partial charge on any atom is -0.314 e. The molecule has 1 aliphatic carbocycles. The SMILES string of the molecule is Cc1cccc([C@@H](C2CC2)N2CCNCC2)n1. The zero-order valence-electron chi connectivity index (χ0n) is 10.5. The topological polar surface area (TPSA) is 28.2 Å². The Labute approximate surface area is 103 Å². The van der Waals surface area contributed by atoms with Crippen LogP contribution in [-0.4, -0.2) is 36.1 Å². The highest BCUT2D eigenvalue weighted by Crippen LogP contribution is 2.44. The Balaban J connectivity index is 1.83. The standard InChI is InChI=1S/C14H21N3/c1-11-3-2-4-13(16-11)14(12-5-6-12)17-9-7-15-8-10-17/h2-4,12,14-15H,5-10H2,1H3/t14-/m1/s1. The lowest BCUT2D eigenvalue weighted by Gasteiger charge is -2.34. The maximum Gasteiger partial charge on any atom is 0.0581 e. The summed E-state index contributed by atoms with van der Waals surface area (Å²) in [5.74, 6) is 0.849. The third-order valence-corrected chi connectivity index (χ3v) is 3.83. The number of aromatic nitrogens is 1. The molecule has 17 heavy (non-hydrogen) atoms. The first-order valence-electron chi connectivity index (χ1n) is 6.73. The van der Waals surface area contributed by atoms with Gasteiger partial charge in [-0.15, -0.1) is 0 Å². The van der Waals surface area contributed by atoms with Crippen LogP contribution in [0.5, 0.6) is 0 Å². The predicted octanol–water partition coefficient (Wildman–Crippen LogP) is 1.75. The van der Waals surface area contributed by atoms with E-state index in [1.807, 2.05) is 0 Å². The normalized spacial score (nSPS) is 23.6. The summed E-state index contributed by atoms with van der Waals surface area (Å²) in [6.45, 7) is 6.66. The molecular weight excluding hydrogens is 210 g/mol. The van der Waals surface area contributed by atoms with Crippen LogP contribution in [0, 0.1) is 12.8 Å². The summed E-state index contributed by atoms with van der Waals surface area (Å²) in [6, 6.07) is 7.01. The Morgan fingerprint density at radius 2 is 2.06 bits per heavy atom. The fraction of sp³-hybridized carbons (Fsp3) is 0.643. The first kappa shape index (κ1) is 11.2. The van der Waals surface area contributed by atoms with Gasteiger partial charge < -0.3 is 5.32 Å². The van der Waals surface area contributed by atoms with Crippen LogP contribution >= 0.6 is 0 Å². The van der Waals surface area contributed by atoms with Gasteiger partial charge in [-0.25, -0.2) is 0 Å². The highest BCUT2D eigenvalue weighted by atomic mass is 15.2. The monoisotopic (exact) mass is 231 g/mol. The minimum absolute atomic E-state index is 0.567. The number of rotatable bonds is 3. The first-order chi connectivity index (χ1) is 8.34. The highest BCUT2D eigenvalue weighted by Gasteiger charge is 2.37. The average molecular weight is 231 g/mol. The smallest absolute Gasteiger partial charge is 0.0581 e. The fourth-order valence-corrected chi connectivity index (χ4v) is 2.83. The van der Waals surface area contributed by atoms with Crippen molar-refractivity contribution >= 4 is 0 Å². The van der Waals surface area contributed by atoms with Crippen LogP contribution in [0.25, 0.3) is 0 Å². The van der Waals surface area contributed by atoms with E-state index >= 15 is 0 Å². The van der Waals surface area contributed by atoms with Crippen molar-refractivity contribution in [2.45, 2.75) is 25.8 Å². The number of hydrogen-bond donors (Lipinski definition) is 1. The lowest BCUT2D eigenvalue weighted by molar-refractivity contribution is 0.153. The summed E-state index contributed by atoms with van der Waals surface area (Å²) in [4.78, 5) is 7.37. The van der Waals surface area contributed by atoms with Gasteiger partial charge in [-0.3, -0.25) is 9.88 Å². The largest absolute Gasteiger partial charge is 0.314 e. The van der Waals surface area contributed by atoms with E-state index in [0.29, 0.717) is 6.04 Å². The van der Waals surface area contributed by atoms with Crippen molar-refractivity contribution in [3.05, 3.63) is 29.6 Å². The summed E-state index contributed by atoms with van der Waals surface area (Å²) in [7, 11) is 0. The van der Waals surface area contributed by atoms with E-state index in [9.17, 15) is 0 Å². The first-order valence-corrected chi connectivity index (χ1v) is 6.73. The second-order valence-corrected chi connectivity index (χ2v) is 5.27. The van der Waals surface area contributed by atoms with E-state index < -0.39 is 0 Å². The minimum atomic E-state index is 0.567. The molecule has 0 aromatic carbocycles. The van der Waals surface area contributed by atoms with Gasteiger partial charge >= 0.3 is 0 Å². The summed E-state index contributed by atoms with van der Waals surface area (Å²) < 4.78 is 0. The van der Waals surface area contributed by atoms with E-state index in [1.165, 1.54) is 18.5 Å². The van der Waals surface area contributed by atoms with Crippen LogP contribution in [0.3, 0.4) is 0 Å². The van der Waals surface area contributed by atoms with Gasteiger partial charge in [-0.2, -0.15) is 0 Å². The Morgan fingerprint density at radius 1 is 1.29 bits per heavy atom. The van der Waals surface area contributed by atoms with Crippen molar-refractivity contribution in [2.75, 3.05) is 26.2 Å². The number of nitrogens with one attached hydrogen (secondary N) is 1. The third kappa shape index (κ3) is 2.50. The summed E-state index contributed by atoms with van der Waals surface area (Å²) in [5.41, 5.74) is 2.43. The van der Waals surface area contributed by atoms with Gasteiger partial charge in [0, 0.05) is 31.9 Å². The van der Waals surface area contributed by atoms with Crippen molar-refractivity contribution in [3.63, 3.8) is 0 Å². The van der Waals surface area contributed by atoms with Crippen LogP contribution in [-0.2, 0) is 0 Å². The lowest BCUT2D eigenvalue weighted by atomic mass is 10.0. The number of nitrogens with zero attached hydrogens (tertiary/aromatic N) is 2. The molecule has 3 heteroatoms. The second kappa shape index (κ2) is 4.75. The molecule has 1 aromatic heterocycles. The Hall–Kier alpha value is -0.930. The van der Waals surface area contributed by atoms with Crippen molar-refractivity contribution < 1.29 is 0 Å². The molecule has 0 radical (unpaired) electrons. The quantitative estimate of drug-likeness (QED) is 0.859. The fourth-order valence-electron chi connectivity index (χ4n) is 2.83. The van der Waals surface area contributed by atoms with Crippen LogP contribution in [0.15, 0.2) is 18.2 Å². The third-order valence-electron chi connectivity index (χ3n) is 3.83. The maximum absolute atomic E-state index is 4.75. The van der Waals surface area contributed by atoms with E-state index in [1.54, 1.807) is 0 Å². The van der Waals surface area contributed by atoms with Crippen molar-refractivity contribution in [1.29, 1.82) is 0 Å². The molecule has 3 rings (SSSR count). The molecule has 1 atom stereocenters. The van der Waals surface area contributed by atoms with Crippen LogP contribution in [0.4, 0.5) is 0 Å². The molecule has 2 aliphatic rings. The van der Waals surface area contributed by atoms with E-state index in [4.69, 9.17) is 4.98 Å². The molecule has 1 aromatic rings. The molecular formula is C14H21N3. The number of pyridine rings is 1. The molecule has 2 heterocycles. The summed E-state index contributed by atoms with van der Waals surface area (Å²) in [5, 5.41) is 3.43. The Bertz CT molecular complexity index is 381. The lowest BCUT2D eigenvalue weighted by Crippen LogP contribution is -2.45. The van der Waals surface area contributed by atoms with Crippen LogP contribution in [0.1, 0.15) is 30.3 Å². The number of hydrogen-bond acceptors (Lipinski definition) is 3. The molecule has 0 spiro atoms. The Kier molecular flexibility index (Phi) is 3.12. The molecule has 0 unspecified atom stereocenters. The summed E-state index contributed by atoms with van der Waals surface area (Å²) >= 11 is 0. The molecule has 2 fully saturated rings. The molecule has 0 amide bonds. The van der Waals surface area contributed by atoms with Crippen LogP contribution < -0.4 is 5.32 Å². The van der Waals surface area contributed by atoms with E-state index in [2.05, 4.69) is 35.3 Å². The van der Waals surface area contributed by atoms with E-state index in [-0.39, 0.29) is 0 Å². The van der Waals surface area contributed by atoms with Crippen LogP contribution in [0.2, 0.25) is 0 Å². The van der Waals surface area contributed by atoms with Gasteiger partial charge in [0.15, 0.2) is 0 Å². The average Bonchev–Trinajstić information content (AvgIpc) is 3.15. The molecule has 0 bridgehead atoms. The number of aryl methyl sites for hydroxylation is 1. The van der Waals surface area contributed by atoms with Gasteiger partial charge in [0.2, 0.25) is 0 Å². The summed E-state index contributed by atoms with van der Waals surface area (Å²) in [6.07, 6.45) is 2.76. The Morgan fingerprint density at radius 3 is 2.71 bits per heavy atom. The maximum atomic E-state index is 4.75. The van der Waals surface area contributed by atoms with Crippen molar-refractivity contribution in [2.24, 2.45) is 5.92 Å². The highest BCUT2D eigenvalue weighted by molar-refractivity contribution is 5.16. The molecule has 3 nitrogen and oxygen atoms in total. The molecule has 92 valence electrons. The zero-order chi connectivity index (χ0) is 11.7.